The van der Waals surface area contributed by atoms with Gasteiger partial charge in [0.05, 0.1) is 12.7 Å². The number of benzene rings is 1. The minimum absolute atomic E-state index is 0.159. The summed E-state index contributed by atoms with van der Waals surface area (Å²) in [5.41, 5.74) is 0.611. The van der Waals surface area contributed by atoms with Crippen molar-refractivity contribution in [3.8, 4) is 5.75 Å². The zero-order chi connectivity index (χ0) is 17.0. The molecule has 1 aromatic heterocycles. The quantitative estimate of drug-likeness (QED) is 0.909. The van der Waals surface area contributed by atoms with Gasteiger partial charge in [-0.1, -0.05) is 6.07 Å². The van der Waals surface area contributed by atoms with Crippen molar-refractivity contribution in [2.45, 2.75) is 18.4 Å². The lowest BCUT2D eigenvalue weighted by atomic mass is 9.85. The predicted octanol–water partition coefficient (Wildman–Crippen LogP) is 2.61. The first kappa shape index (κ1) is 16.3. The number of methoxy groups -OCH3 is 1. The maximum Gasteiger partial charge on any atom is 0.321 e. The third-order valence-electron chi connectivity index (χ3n) is 4.42. The number of aromatic nitrogens is 1. The van der Waals surface area contributed by atoms with E-state index in [-0.39, 0.29) is 6.03 Å². The number of hydrogen-bond donors (Lipinski definition) is 2. The summed E-state index contributed by atoms with van der Waals surface area (Å²) in [4.78, 5) is 18.1. The number of carbonyl (C=O) groups is 1. The van der Waals surface area contributed by atoms with E-state index in [0.717, 1.165) is 11.3 Å². The fourth-order valence-electron chi connectivity index (χ4n) is 2.88. The lowest BCUT2D eigenvalue weighted by molar-refractivity contribution is -0.0159. The van der Waals surface area contributed by atoms with E-state index >= 15 is 0 Å². The number of carbonyl (C=O) groups excluding carboxylic acids is 1. The summed E-state index contributed by atoms with van der Waals surface area (Å²) in [6, 6.07) is 10.7. The van der Waals surface area contributed by atoms with E-state index in [1.807, 2.05) is 12.1 Å². The average Bonchev–Trinajstić information content (AvgIpc) is 2.63. The van der Waals surface area contributed by atoms with Gasteiger partial charge in [0, 0.05) is 36.7 Å². The van der Waals surface area contributed by atoms with Crippen molar-refractivity contribution < 1.29 is 14.6 Å². The summed E-state index contributed by atoms with van der Waals surface area (Å²) in [6.45, 7) is 0.987. The Balaban J connectivity index is 1.58. The van der Waals surface area contributed by atoms with Gasteiger partial charge in [-0.05, 0) is 43.2 Å². The monoisotopic (exact) mass is 327 g/mol. The predicted molar refractivity (Wildman–Crippen MR) is 91.0 cm³/mol. The third-order valence-corrected chi connectivity index (χ3v) is 4.42. The van der Waals surface area contributed by atoms with Gasteiger partial charge >= 0.3 is 6.03 Å². The summed E-state index contributed by atoms with van der Waals surface area (Å²) in [5, 5.41) is 13.6. The van der Waals surface area contributed by atoms with Gasteiger partial charge in [-0.2, -0.15) is 0 Å². The average molecular weight is 327 g/mol. The Hall–Kier alpha value is -2.60. The Bertz CT molecular complexity index is 680. The van der Waals surface area contributed by atoms with Gasteiger partial charge in [-0.3, -0.25) is 4.98 Å². The molecule has 0 spiro atoms. The van der Waals surface area contributed by atoms with Gasteiger partial charge in [0.1, 0.15) is 5.75 Å². The molecule has 6 heteroatoms. The molecule has 2 heterocycles. The van der Waals surface area contributed by atoms with Crippen LogP contribution >= 0.6 is 0 Å². The molecule has 6 nitrogen and oxygen atoms in total. The molecule has 0 unspecified atom stereocenters. The molecule has 2 N–H and O–H groups in total. The Kier molecular flexibility index (Phi) is 4.66. The fourth-order valence-corrected chi connectivity index (χ4v) is 2.88. The highest BCUT2D eigenvalue weighted by molar-refractivity contribution is 5.89. The molecule has 0 atom stereocenters. The van der Waals surface area contributed by atoms with Crippen molar-refractivity contribution in [2.75, 3.05) is 25.5 Å². The SMILES string of the molecule is COc1ccc(NC(=O)N2CCC(O)(c3cccnc3)CC2)cc1. The summed E-state index contributed by atoms with van der Waals surface area (Å²) in [6.07, 6.45) is 4.36. The number of urea groups is 1. The van der Waals surface area contributed by atoms with E-state index in [4.69, 9.17) is 4.74 Å². The maximum absolute atomic E-state index is 12.4. The zero-order valence-corrected chi connectivity index (χ0v) is 13.6. The van der Waals surface area contributed by atoms with Crippen LogP contribution in [0.1, 0.15) is 18.4 Å². The van der Waals surface area contributed by atoms with Gasteiger partial charge in [0.2, 0.25) is 0 Å². The molecule has 1 aromatic carbocycles. The van der Waals surface area contributed by atoms with Crippen LogP contribution in [0, 0.1) is 0 Å². The third kappa shape index (κ3) is 3.49. The highest BCUT2D eigenvalue weighted by Gasteiger charge is 2.35. The van der Waals surface area contributed by atoms with E-state index in [9.17, 15) is 9.90 Å². The smallest absolute Gasteiger partial charge is 0.321 e. The largest absolute Gasteiger partial charge is 0.497 e. The van der Waals surface area contributed by atoms with Crippen LogP contribution < -0.4 is 10.1 Å². The van der Waals surface area contributed by atoms with Gasteiger partial charge in [0.15, 0.2) is 0 Å². The zero-order valence-electron chi connectivity index (χ0n) is 13.6. The van der Waals surface area contributed by atoms with Crippen LogP contribution in [0.25, 0.3) is 0 Å². The summed E-state index contributed by atoms with van der Waals surface area (Å²) < 4.78 is 5.10. The number of pyridine rings is 1. The number of likely N-dealkylation sites (tertiary alicyclic amines) is 1. The Labute approximate surface area is 141 Å². The molecule has 1 aliphatic heterocycles. The number of hydrogen-bond acceptors (Lipinski definition) is 4. The van der Waals surface area contributed by atoms with Crippen molar-refractivity contribution >= 4 is 11.7 Å². The molecule has 1 aliphatic rings. The Morgan fingerprint density at radius 3 is 2.54 bits per heavy atom. The lowest BCUT2D eigenvalue weighted by Crippen LogP contribution is -2.46. The van der Waals surface area contributed by atoms with Crippen molar-refractivity contribution in [2.24, 2.45) is 0 Å². The summed E-state index contributed by atoms with van der Waals surface area (Å²) in [5.74, 6) is 0.743. The number of ether oxygens (including phenoxy) is 1. The van der Waals surface area contributed by atoms with Crippen LogP contribution in [0.4, 0.5) is 10.5 Å². The van der Waals surface area contributed by atoms with Crippen LogP contribution in [0.2, 0.25) is 0 Å². The molecule has 24 heavy (non-hydrogen) atoms. The molecule has 3 rings (SSSR count). The fraction of sp³-hybridized carbons (Fsp3) is 0.333. The maximum atomic E-state index is 12.4. The van der Waals surface area contributed by atoms with E-state index < -0.39 is 5.60 Å². The van der Waals surface area contributed by atoms with Gasteiger partial charge in [-0.25, -0.2) is 4.79 Å². The number of anilines is 1. The molecule has 1 fully saturated rings. The first-order chi connectivity index (χ1) is 11.6. The van der Waals surface area contributed by atoms with Crippen molar-refractivity contribution in [3.05, 3.63) is 54.4 Å². The number of amides is 2. The second kappa shape index (κ2) is 6.88. The molecule has 126 valence electrons. The van der Waals surface area contributed by atoms with Gasteiger partial charge < -0.3 is 20.1 Å². The van der Waals surface area contributed by atoms with E-state index in [0.29, 0.717) is 31.6 Å². The topological polar surface area (TPSA) is 74.7 Å². The van der Waals surface area contributed by atoms with Crippen molar-refractivity contribution in [1.82, 2.24) is 9.88 Å². The number of piperidine rings is 1. The normalized spacial score (nSPS) is 16.5. The first-order valence-electron chi connectivity index (χ1n) is 7.94. The van der Waals surface area contributed by atoms with Crippen LogP contribution in [0.15, 0.2) is 48.8 Å². The number of nitrogens with zero attached hydrogens (tertiary/aromatic N) is 2. The second-order valence-corrected chi connectivity index (χ2v) is 5.92. The molecule has 0 aliphatic carbocycles. The molecular formula is C18H21N3O3. The first-order valence-corrected chi connectivity index (χ1v) is 7.94. The molecule has 0 saturated carbocycles. The molecule has 0 bridgehead atoms. The van der Waals surface area contributed by atoms with Gasteiger partial charge in [0.25, 0.3) is 0 Å². The highest BCUT2D eigenvalue weighted by atomic mass is 16.5. The molecule has 2 amide bonds. The number of aliphatic hydroxyl groups is 1. The van der Waals surface area contributed by atoms with Crippen LogP contribution in [-0.4, -0.2) is 41.2 Å². The molecule has 0 radical (unpaired) electrons. The number of nitrogens with one attached hydrogen (secondary N) is 1. The lowest BCUT2D eigenvalue weighted by Gasteiger charge is -2.38. The highest BCUT2D eigenvalue weighted by Crippen LogP contribution is 2.32. The molecule has 2 aromatic rings. The molecule has 1 saturated heterocycles. The van der Waals surface area contributed by atoms with Gasteiger partial charge in [-0.15, -0.1) is 0 Å². The summed E-state index contributed by atoms with van der Waals surface area (Å²) >= 11 is 0. The van der Waals surface area contributed by atoms with Crippen LogP contribution in [-0.2, 0) is 5.60 Å². The minimum Gasteiger partial charge on any atom is -0.497 e. The van der Waals surface area contributed by atoms with Crippen molar-refractivity contribution in [3.63, 3.8) is 0 Å². The minimum atomic E-state index is -0.912. The Morgan fingerprint density at radius 1 is 1.25 bits per heavy atom. The van der Waals surface area contributed by atoms with E-state index in [1.54, 1.807) is 48.7 Å². The summed E-state index contributed by atoms with van der Waals surface area (Å²) in [7, 11) is 1.60. The van der Waals surface area contributed by atoms with Crippen LogP contribution in [0.5, 0.6) is 5.75 Å². The Morgan fingerprint density at radius 2 is 1.96 bits per heavy atom. The van der Waals surface area contributed by atoms with Crippen LogP contribution in [0.3, 0.4) is 0 Å². The molecular weight excluding hydrogens is 306 g/mol. The van der Waals surface area contributed by atoms with Crippen molar-refractivity contribution in [1.29, 1.82) is 0 Å². The van der Waals surface area contributed by atoms with E-state index in [2.05, 4.69) is 10.3 Å². The standard InChI is InChI=1S/C18H21N3O3/c1-24-16-6-4-15(5-7-16)20-17(22)21-11-8-18(23,9-12-21)14-3-2-10-19-13-14/h2-7,10,13,23H,8-9,11-12H2,1H3,(H,20,22). The number of rotatable bonds is 3. The van der Waals surface area contributed by atoms with E-state index in [1.165, 1.54) is 0 Å². The second-order valence-electron chi connectivity index (χ2n) is 5.92.